The number of aromatic nitrogens is 1. The van der Waals surface area contributed by atoms with Gasteiger partial charge in [0.05, 0.1) is 0 Å². The number of carbonyl (C=O) groups is 1. The third kappa shape index (κ3) is 2.42. The van der Waals surface area contributed by atoms with Gasteiger partial charge in [-0.1, -0.05) is 31.5 Å². The largest absolute Gasteiger partial charge is 0.361 e. The number of aldehydes is 1. The van der Waals surface area contributed by atoms with E-state index in [4.69, 9.17) is 11.6 Å². The van der Waals surface area contributed by atoms with Crippen LogP contribution < -0.4 is 0 Å². The van der Waals surface area contributed by atoms with Crippen molar-refractivity contribution in [2.75, 3.05) is 0 Å². The molecule has 2 aromatic rings. The van der Waals surface area contributed by atoms with Crippen molar-refractivity contribution in [3.8, 4) is 0 Å². The first-order valence-electron chi connectivity index (χ1n) is 5.55. The molecule has 2 nitrogen and oxygen atoms in total. The molecule has 0 atom stereocenters. The van der Waals surface area contributed by atoms with E-state index in [0.29, 0.717) is 5.02 Å². The van der Waals surface area contributed by atoms with E-state index in [0.717, 1.165) is 28.3 Å². The molecule has 1 N–H and O–H groups in total. The van der Waals surface area contributed by atoms with Crippen LogP contribution in [-0.2, 0) is 4.79 Å². The molecule has 0 aliphatic heterocycles. The van der Waals surface area contributed by atoms with Gasteiger partial charge >= 0.3 is 0 Å². The number of fused-ring (bicyclic) bond motifs is 1. The van der Waals surface area contributed by atoms with Crippen LogP contribution in [0.1, 0.15) is 19.4 Å². The molecule has 0 radical (unpaired) electrons. The van der Waals surface area contributed by atoms with Gasteiger partial charge < -0.3 is 4.98 Å². The zero-order valence-electron chi connectivity index (χ0n) is 9.83. The summed E-state index contributed by atoms with van der Waals surface area (Å²) < 4.78 is 0. The number of allylic oxidation sites excluding steroid dienone is 1. The number of nitrogens with one attached hydrogen (secondary N) is 1. The summed E-state index contributed by atoms with van der Waals surface area (Å²) in [5, 5.41) is 1.78. The zero-order valence-corrected chi connectivity index (χ0v) is 10.6. The molecule has 0 amide bonds. The summed E-state index contributed by atoms with van der Waals surface area (Å²) in [6.07, 6.45) is 4.73. The minimum Gasteiger partial charge on any atom is -0.361 e. The molecule has 1 aromatic heterocycles. The molecule has 1 aromatic carbocycles. The lowest BCUT2D eigenvalue weighted by atomic mass is 10.0. The molecule has 0 fully saturated rings. The van der Waals surface area contributed by atoms with Crippen molar-refractivity contribution in [1.82, 2.24) is 4.98 Å². The van der Waals surface area contributed by atoms with Gasteiger partial charge in [0, 0.05) is 27.7 Å². The summed E-state index contributed by atoms with van der Waals surface area (Å²) in [5.41, 5.74) is 2.80. The number of carbonyl (C=O) groups excluding carboxylic acids is 1. The Morgan fingerprint density at radius 1 is 1.41 bits per heavy atom. The summed E-state index contributed by atoms with van der Waals surface area (Å²) >= 11 is 5.92. The molecule has 2 rings (SSSR count). The lowest BCUT2D eigenvalue weighted by Gasteiger charge is -2.02. The predicted molar refractivity (Wildman–Crippen MR) is 72.2 cm³/mol. The number of hydrogen-bond donors (Lipinski definition) is 1. The smallest absolute Gasteiger partial charge is 0.146 e. The second-order valence-electron chi connectivity index (χ2n) is 4.35. The normalized spacial score (nSPS) is 12.4. The average molecular weight is 248 g/mol. The number of aromatic amines is 1. The maximum Gasteiger partial charge on any atom is 0.146 e. The SMILES string of the molecule is CC(C)/C(C=O)=C/c1c[nH]c2cc(Cl)ccc12. The molecule has 88 valence electrons. The molecular weight excluding hydrogens is 234 g/mol. The highest BCUT2D eigenvalue weighted by atomic mass is 35.5. The van der Waals surface area contributed by atoms with Crippen LogP contribution in [0.25, 0.3) is 17.0 Å². The number of rotatable bonds is 3. The molecule has 0 bridgehead atoms. The predicted octanol–water partition coefficient (Wildman–Crippen LogP) is 4.06. The third-order valence-electron chi connectivity index (χ3n) is 2.80. The molecule has 3 heteroatoms. The molecule has 17 heavy (non-hydrogen) atoms. The Bertz CT molecular complexity index is 581. The van der Waals surface area contributed by atoms with Crippen molar-refractivity contribution in [2.24, 2.45) is 5.92 Å². The first-order valence-corrected chi connectivity index (χ1v) is 5.93. The lowest BCUT2D eigenvalue weighted by molar-refractivity contribution is -0.105. The fraction of sp³-hybridized carbons (Fsp3) is 0.214. The molecule has 0 aliphatic rings. The van der Waals surface area contributed by atoms with Crippen molar-refractivity contribution in [1.29, 1.82) is 0 Å². The van der Waals surface area contributed by atoms with Gasteiger partial charge in [0.2, 0.25) is 0 Å². The maximum absolute atomic E-state index is 11.0. The van der Waals surface area contributed by atoms with Gasteiger partial charge in [-0.25, -0.2) is 0 Å². The fourth-order valence-electron chi connectivity index (χ4n) is 1.76. The molecule has 0 saturated heterocycles. The van der Waals surface area contributed by atoms with Crippen molar-refractivity contribution < 1.29 is 4.79 Å². The van der Waals surface area contributed by atoms with E-state index in [1.165, 1.54) is 0 Å². The number of benzene rings is 1. The van der Waals surface area contributed by atoms with Crippen molar-refractivity contribution >= 4 is 34.9 Å². The summed E-state index contributed by atoms with van der Waals surface area (Å²) in [6.45, 7) is 4.01. The van der Waals surface area contributed by atoms with Crippen LogP contribution in [0.5, 0.6) is 0 Å². The molecule has 0 saturated carbocycles. The van der Waals surface area contributed by atoms with Crippen LogP contribution in [0.4, 0.5) is 0 Å². The van der Waals surface area contributed by atoms with Crippen LogP contribution in [0.3, 0.4) is 0 Å². The topological polar surface area (TPSA) is 32.9 Å². The standard InChI is InChI=1S/C14H14ClNO/c1-9(2)11(8-17)5-10-7-16-14-6-12(15)3-4-13(10)14/h3-9,16H,1-2H3/b11-5+. The zero-order chi connectivity index (χ0) is 12.4. The third-order valence-corrected chi connectivity index (χ3v) is 3.04. The van der Waals surface area contributed by atoms with E-state index in [1.807, 2.05) is 44.3 Å². The number of H-pyrrole nitrogens is 1. The van der Waals surface area contributed by atoms with E-state index < -0.39 is 0 Å². The van der Waals surface area contributed by atoms with Gasteiger partial charge in [0.25, 0.3) is 0 Å². The van der Waals surface area contributed by atoms with Crippen molar-refractivity contribution in [2.45, 2.75) is 13.8 Å². The van der Waals surface area contributed by atoms with E-state index >= 15 is 0 Å². The first-order chi connectivity index (χ1) is 8.11. The second-order valence-corrected chi connectivity index (χ2v) is 4.79. The lowest BCUT2D eigenvalue weighted by Crippen LogP contribution is -1.94. The Labute approximate surface area is 105 Å². The van der Waals surface area contributed by atoms with Crippen molar-refractivity contribution in [3.05, 3.63) is 40.6 Å². The van der Waals surface area contributed by atoms with Crippen LogP contribution in [0.15, 0.2) is 30.0 Å². The maximum atomic E-state index is 11.0. The average Bonchev–Trinajstić information content (AvgIpc) is 2.67. The summed E-state index contributed by atoms with van der Waals surface area (Å²) in [6, 6.07) is 5.69. The highest BCUT2D eigenvalue weighted by molar-refractivity contribution is 6.31. The van der Waals surface area contributed by atoms with Gasteiger partial charge in [-0.2, -0.15) is 0 Å². The van der Waals surface area contributed by atoms with Gasteiger partial charge in [0.1, 0.15) is 6.29 Å². The Morgan fingerprint density at radius 3 is 2.82 bits per heavy atom. The monoisotopic (exact) mass is 247 g/mol. The van der Waals surface area contributed by atoms with Crippen LogP contribution in [0, 0.1) is 5.92 Å². The second kappa shape index (κ2) is 4.76. The van der Waals surface area contributed by atoms with E-state index in [9.17, 15) is 4.79 Å². The molecule has 0 spiro atoms. The van der Waals surface area contributed by atoms with Gasteiger partial charge in [0.15, 0.2) is 0 Å². The van der Waals surface area contributed by atoms with Crippen LogP contribution >= 0.6 is 11.6 Å². The van der Waals surface area contributed by atoms with E-state index in [-0.39, 0.29) is 5.92 Å². The van der Waals surface area contributed by atoms with Gasteiger partial charge in [-0.05, 0) is 29.7 Å². The Kier molecular flexibility index (Phi) is 3.34. The summed E-state index contributed by atoms with van der Waals surface area (Å²) in [5.74, 6) is 0.227. The first kappa shape index (κ1) is 11.9. The summed E-state index contributed by atoms with van der Waals surface area (Å²) in [4.78, 5) is 14.1. The minimum absolute atomic E-state index is 0.227. The highest BCUT2D eigenvalue weighted by Crippen LogP contribution is 2.24. The van der Waals surface area contributed by atoms with Gasteiger partial charge in [-0.3, -0.25) is 4.79 Å². The van der Waals surface area contributed by atoms with Crippen LogP contribution in [0.2, 0.25) is 5.02 Å². The molecule has 0 aliphatic carbocycles. The van der Waals surface area contributed by atoms with Gasteiger partial charge in [-0.15, -0.1) is 0 Å². The Balaban J connectivity index is 2.53. The molecular formula is C14H14ClNO. The number of halogens is 1. The Hall–Kier alpha value is -1.54. The summed E-state index contributed by atoms with van der Waals surface area (Å²) in [7, 11) is 0. The van der Waals surface area contributed by atoms with E-state index in [1.54, 1.807) is 0 Å². The minimum atomic E-state index is 0.227. The molecule has 0 unspecified atom stereocenters. The van der Waals surface area contributed by atoms with Crippen LogP contribution in [-0.4, -0.2) is 11.3 Å². The Morgan fingerprint density at radius 2 is 2.18 bits per heavy atom. The molecule has 1 heterocycles. The quantitative estimate of drug-likeness (QED) is 0.644. The fourth-order valence-corrected chi connectivity index (χ4v) is 1.93. The van der Waals surface area contributed by atoms with Crippen molar-refractivity contribution in [3.63, 3.8) is 0 Å². The van der Waals surface area contributed by atoms with E-state index in [2.05, 4.69) is 4.98 Å². The highest BCUT2D eigenvalue weighted by Gasteiger charge is 2.06. The number of hydrogen-bond acceptors (Lipinski definition) is 1.